The van der Waals surface area contributed by atoms with Crippen LogP contribution in [0.4, 0.5) is 5.13 Å². The van der Waals surface area contributed by atoms with Gasteiger partial charge >= 0.3 is 0 Å². The summed E-state index contributed by atoms with van der Waals surface area (Å²) >= 11 is 7.76. The molecule has 1 aromatic rings. The van der Waals surface area contributed by atoms with Gasteiger partial charge in [-0.15, -0.1) is 22.9 Å². The van der Waals surface area contributed by atoms with Crippen molar-refractivity contribution in [1.29, 1.82) is 0 Å². The summed E-state index contributed by atoms with van der Waals surface area (Å²) in [6.45, 7) is 3.18. The Balaban J connectivity index is 1.83. The van der Waals surface area contributed by atoms with Crippen LogP contribution in [0.3, 0.4) is 0 Å². The van der Waals surface area contributed by atoms with Gasteiger partial charge in [-0.2, -0.15) is 0 Å². The molecule has 0 aromatic carbocycles. The van der Waals surface area contributed by atoms with Crippen molar-refractivity contribution >= 4 is 28.1 Å². The second-order valence-corrected chi connectivity index (χ2v) is 6.00. The van der Waals surface area contributed by atoms with Gasteiger partial charge in [0.15, 0.2) is 5.13 Å². The Morgan fingerprint density at radius 2 is 2.18 bits per heavy atom. The predicted molar refractivity (Wildman–Crippen MR) is 76.1 cm³/mol. The number of thiazole rings is 1. The molecule has 1 fully saturated rings. The highest BCUT2D eigenvalue weighted by Gasteiger charge is 2.24. The van der Waals surface area contributed by atoms with Gasteiger partial charge in [0.2, 0.25) is 0 Å². The zero-order chi connectivity index (χ0) is 12.1. The lowest BCUT2D eigenvalue weighted by atomic mass is 9.80. The van der Waals surface area contributed by atoms with Gasteiger partial charge in [-0.05, 0) is 31.1 Å². The summed E-state index contributed by atoms with van der Waals surface area (Å²) in [7, 11) is 0. The minimum Gasteiger partial charge on any atom is -0.361 e. The molecule has 2 nitrogen and oxygen atoms in total. The van der Waals surface area contributed by atoms with Crippen molar-refractivity contribution in [2.75, 3.05) is 17.7 Å². The van der Waals surface area contributed by atoms with Crippen molar-refractivity contribution in [3.8, 4) is 0 Å². The zero-order valence-corrected chi connectivity index (χ0v) is 12.0. The van der Waals surface area contributed by atoms with Crippen molar-refractivity contribution in [2.45, 2.75) is 39.0 Å². The SMILES string of the molecule is CCc1csc(NCC2CCCCC2CCl)n1. The molecule has 2 atom stereocenters. The van der Waals surface area contributed by atoms with E-state index in [0.29, 0.717) is 5.92 Å². The minimum atomic E-state index is 0.698. The summed E-state index contributed by atoms with van der Waals surface area (Å²) in [5.74, 6) is 2.24. The summed E-state index contributed by atoms with van der Waals surface area (Å²) in [5.41, 5.74) is 1.19. The molecule has 0 radical (unpaired) electrons. The van der Waals surface area contributed by atoms with Gasteiger partial charge in [0.1, 0.15) is 0 Å². The molecule has 2 unspecified atom stereocenters. The summed E-state index contributed by atoms with van der Waals surface area (Å²) in [4.78, 5) is 4.54. The number of hydrogen-bond acceptors (Lipinski definition) is 3. The number of nitrogens with one attached hydrogen (secondary N) is 1. The Morgan fingerprint density at radius 1 is 1.41 bits per heavy atom. The minimum absolute atomic E-state index is 0.698. The maximum absolute atomic E-state index is 6.04. The fourth-order valence-corrected chi connectivity index (χ4v) is 3.74. The number of aryl methyl sites for hydroxylation is 1. The lowest BCUT2D eigenvalue weighted by molar-refractivity contribution is 0.272. The Kier molecular flexibility index (Phi) is 5.11. The molecule has 1 aliphatic rings. The summed E-state index contributed by atoms with van der Waals surface area (Å²) in [6, 6.07) is 0. The quantitative estimate of drug-likeness (QED) is 0.814. The van der Waals surface area contributed by atoms with E-state index in [1.807, 2.05) is 0 Å². The van der Waals surface area contributed by atoms with Crippen molar-refractivity contribution in [1.82, 2.24) is 4.98 Å². The molecule has 96 valence electrons. The van der Waals surface area contributed by atoms with Gasteiger partial charge in [0, 0.05) is 17.8 Å². The molecule has 1 N–H and O–H groups in total. The second kappa shape index (κ2) is 6.60. The average Bonchev–Trinajstić information content (AvgIpc) is 2.84. The van der Waals surface area contributed by atoms with Gasteiger partial charge < -0.3 is 5.32 Å². The summed E-state index contributed by atoms with van der Waals surface area (Å²) in [6.07, 6.45) is 6.35. The molecule has 1 heterocycles. The van der Waals surface area contributed by atoms with Crippen LogP contribution in [0.25, 0.3) is 0 Å². The third kappa shape index (κ3) is 3.59. The van der Waals surface area contributed by atoms with Crippen LogP contribution in [-0.2, 0) is 6.42 Å². The molecule has 0 bridgehead atoms. The Morgan fingerprint density at radius 3 is 2.82 bits per heavy atom. The van der Waals surface area contributed by atoms with Gasteiger partial charge in [-0.1, -0.05) is 19.8 Å². The summed E-state index contributed by atoms with van der Waals surface area (Å²) < 4.78 is 0. The van der Waals surface area contributed by atoms with Crippen LogP contribution in [0.2, 0.25) is 0 Å². The molecule has 0 amide bonds. The lowest BCUT2D eigenvalue weighted by Gasteiger charge is -2.30. The molecule has 0 aliphatic heterocycles. The van der Waals surface area contributed by atoms with Crippen LogP contribution in [0.5, 0.6) is 0 Å². The Hall–Kier alpha value is -0.280. The van der Waals surface area contributed by atoms with E-state index >= 15 is 0 Å². The van der Waals surface area contributed by atoms with Gasteiger partial charge in [-0.25, -0.2) is 4.98 Å². The van der Waals surface area contributed by atoms with Crippen molar-refractivity contribution in [2.24, 2.45) is 11.8 Å². The number of alkyl halides is 1. The fourth-order valence-electron chi connectivity index (χ4n) is 2.53. The van der Waals surface area contributed by atoms with Crippen LogP contribution in [0.1, 0.15) is 38.3 Å². The van der Waals surface area contributed by atoms with Crippen LogP contribution < -0.4 is 5.32 Å². The normalized spacial score (nSPS) is 24.8. The third-order valence-corrected chi connectivity index (χ3v) is 4.94. The van der Waals surface area contributed by atoms with Crippen LogP contribution >= 0.6 is 22.9 Å². The number of aromatic nitrogens is 1. The van der Waals surface area contributed by atoms with E-state index in [1.165, 1.54) is 31.4 Å². The maximum Gasteiger partial charge on any atom is 0.182 e. The highest BCUT2D eigenvalue weighted by Crippen LogP contribution is 2.31. The first-order valence-corrected chi connectivity index (χ1v) is 7.99. The van der Waals surface area contributed by atoms with E-state index in [1.54, 1.807) is 11.3 Å². The van der Waals surface area contributed by atoms with E-state index in [2.05, 4.69) is 22.6 Å². The van der Waals surface area contributed by atoms with Gasteiger partial charge in [-0.3, -0.25) is 0 Å². The number of nitrogens with zero attached hydrogens (tertiary/aromatic N) is 1. The molecule has 1 aromatic heterocycles. The third-order valence-electron chi connectivity index (χ3n) is 3.69. The van der Waals surface area contributed by atoms with Crippen LogP contribution in [0.15, 0.2) is 5.38 Å². The van der Waals surface area contributed by atoms with Gasteiger partial charge in [0.25, 0.3) is 0 Å². The fraction of sp³-hybridized carbons (Fsp3) is 0.769. The first kappa shape index (κ1) is 13.2. The van der Waals surface area contributed by atoms with Gasteiger partial charge in [0.05, 0.1) is 5.69 Å². The predicted octanol–water partition coefficient (Wildman–Crippen LogP) is 4.16. The molecule has 1 saturated carbocycles. The smallest absolute Gasteiger partial charge is 0.182 e. The monoisotopic (exact) mass is 272 g/mol. The van der Waals surface area contributed by atoms with Crippen LogP contribution in [-0.4, -0.2) is 17.4 Å². The summed E-state index contributed by atoms with van der Waals surface area (Å²) in [5, 5.41) is 6.69. The first-order chi connectivity index (χ1) is 8.33. The molecule has 17 heavy (non-hydrogen) atoms. The Bertz CT molecular complexity index is 340. The second-order valence-electron chi connectivity index (χ2n) is 4.84. The number of hydrogen-bond donors (Lipinski definition) is 1. The molecule has 2 rings (SSSR count). The van der Waals surface area contributed by atoms with Crippen molar-refractivity contribution < 1.29 is 0 Å². The van der Waals surface area contributed by atoms with E-state index in [9.17, 15) is 0 Å². The molecule has 4 heteroatoms. The number of anilines is 1. The molecule has 0 spiro atoms. The highest BCUT2D eigenvalue weighted by molar-refractivity contribution is 7.13. The zero-order valence-electron chi connectivity index (χ0n) is 10.4. The average molecular weight is 273 g/mol. The standard InChI is InChI=1S/C13H21ClN2S/c1-2-12-9-17-13(16-12)15-8-11-6-4-3-5-10(11)7-14/h9-11H,2-8H2,1H3,(H,15,16). The van der Waals surface area contributed by atoms with E-state index in [0.717, 1.165) is 29.9 Å². The molecule has 1 aliphatic carbocycles. The number of rotatable bonds is 5. The van der Waals surface area contributed by atoms with Crippen molar-refractivity contribution in [3.63, 3.8) is 0 Å². The van der Waals surface area contributed by atoms with E-state index in [-0.39, 0.29) is 0 Å². The highest BCUT2D eigenvalue weighted by atomic mass is 35.5. The molecule has 0 saturated heterocycles. The van der Waals surface area contributed by atoms with E-state index < -0.39 is 0 Å². The maximum atomic E-state index is 6.04. The molecular formula is C13H21ClN2S. The van der Waals surface area contributed by atoms with Crippen molar-refractivity contribution in [3.05, 3.63) is 11.1 Å². The lowest BCUT2D eigenvalue weighted by Crippen LogP contribution is -2.27. The van der Waals surface area contributed by atoms with Crippen LogP contribution in [0, 0.1) is 11.8 Å². The van der Waals surface area contributed by atoms with E-state index in [4.69, 9.17) is 11.6 Å². The first-order valence-electron chi connectivity index (χ1n) is 6.57. The topological polar surface area (TPSA) is 24.9 Å². The molecular weight excluding hydrogens is 252 g/mol. The Labute approximate surface area is 113 Å². The largest absolute Gasteiger partial charge is 0.361 e. The number of halogens is 1.